The molecule has 0 aliphatic heterocycles. The van der Waals surface area contributed by atoms with Crippen molar-refractivity contribution in [2.45, 2.75) is 6.10 Å². The van der Waals surface area contributed by atoms with Crippen molar-refractivity contribution in [3.63, 3.8) is 0 Å². The van der Waals surface area contributed by atoms with Crippen LogP contribution in [0.5, 0.6) is 5.75 Å². The summed E-state index contributed by atoms with van der Waals surface area (Å²) in [6, 6.07) is 25.3. The Bertz CT molecular complexity index is 1200. The second-order valence-electron chi connectivity index (χ2n) is 6.43. The van der Waals surface area contributed by atoms with Crippen molar-refractivity contribution in [3.8, 4) is 16.9 Å². The van der Waals surface area contributed by atoms with E-state index in [1.165, 1.54) is 13.2 Å². The van der Waals surface area contributed by atoms with Crippen molar-refractivity contribution in [1.29, 1.82) is 0 Å². The third-order valence-corrected chi connectivity index (χ3v) is 4.57. The molecule has 1 aromatic heterocycles. The molecular formula is C24H18O5. The molecule has 0 aliphatic carbocycles. The third kappa shape index (κ3) is 3.89. The van der Waals surface area contributed by atoms with Gasteiger partial charge in [-0.15, -0.1) is 0 Å². The average molecular weight is 386 g/mol. The molecule has 0 bridgehead atoms. The minimum atomic E-state index is -0.928. The van der Waals surface area contributed by atoms with Gasteiger partial charge in [-0.1, -0.05) is 60.7 Å². The summed E-state index contributed by atoms with van der Waals surface area (Å²) in [5.74, 6) is -0.124. The Morgan fingerprint density at radius 1 is 0.897 bits per heavy atom. The molecule has 1 heterocycles. The van der Waals surface area contributed by atoms with Gasteiger partial charge in [0, 0.05) is 23.1 Å². The van der Waals surface area contributed by atoms with Gasteiger partial charge >= 0.3 is 11.6 Å². The molecule has 4 rings (SSSR count). The number of hydrogen-bond donors (Lipinski definition) is 0. The monoisotopic (exact) mass is 386 g/mol. The molecule has 0 unspecified atom stereocenters. The average Bonchev–Trinajstić information content (AvgIpc) is 2.77. The van der Waals surface area contributed by atoms with Crippen molar-refractivity contribution < 1.29 is 18.7 Å². The van der Waals surface area contributed by atoms with Crippen molar-refractivity contribution in [1.82, 2.24) is 0 Å². The molecule has 0 saturated heterocycles. The SMILES string of the molecule is COC(=O)[C@H](Oc1ccc2c(-c3ccccc3)cc(=O)oc2c1)c1ccccc1. The summed E-state index contributed by atoms with van der Waals surface area (Å²) in [7, 11) is 1.31. The Morgan fingerprint density at radius 3 is 2.28 bits per heavy atom. The summed E-state index contributed by atoms with van der Waals surface area (Å²) < 4.78 is 16.2. The molecule has 4 aromatic rings. The second kappa shape index (κ2) is 8.02. The van der Waals surface area contributed by atoms with Crippen molar-refractivity contribution >= 4 is 16.9 Å². The van der Waals surface area contributed by atoms with Gasteiger partial charge in [-0.2, -0.15) is 0 Å². The highest BCUT2D eigenvalue weighted by atomic mass is 16.6. The van der Waals surface area contributed by atoms with Gasteiger partial charge < -0.3 is 13.9 Å². The van der Waals surface area contributed by atoms with E-state index in [-0.39, 0.29) is 0 Å². The summed E-state index contributed by atoms with van der Waals surface area (Å²) in [6.07, 6.45) is -0.928. The molecule has 29 heavy (non-hydrogen) atoms. The van der Waals surface area contributed by atoms with Crippen LogP contribution in [0.1, 0.15) is 11.7 Å². The molecule has 0 radical (unpaired) electrons. The van der Waals surface area contributed by atoms with E-state index in [1.54, 1.807) is 24.3 Å². The van der Waals surface area contributed by atoms with Crippen molar-refractivity contribution in [3.05, 3.63) is 101 Å². The molecular weight excluding hydrogens is 368 g/mol. The van der Waals surface area contributed by atoms with E-state index in [4.69, 9.17) is 13.9 Å². The van der Waals surface area contributed by atoms with Crippen LogP contribution in [0.4, 0.5) is 0 Å². The van der Waals surface area contributed by atoms with Crippen LogP contribution in [-0.4, -0.2) is 13.1 Å². The third-order valence-electron chi connectivity index (χ3n) is 4.57. The number of benzene rings is 3. The first-order chi connectivity index (χ1) is 14.2. The minimum absolute atomic E-state index is 0.380. The van der Waals surface area contributed by atoms with Crippen LogP contribution in [0.25, 0.3) is 22.1 Å². The normalized spacial score (nSPS) is 11.8. The zero-order valence-corrected chi connectivity index (χ0v) is 15.7. The lowest BCUT2D eigenvalue weighted by Crippen LogP contribution is -2.20. The predicted octanol–water partition coefficient (Wildman–Crippen LogP) is 4.75. The highest BCUT2D eigenvalue weighted by Gasteiger charge is 2.23. The van der Waals surface area contributed by atoms with E-state index >= 15 is 0 Å². The first kappa shape index (κ1) is 18.5. The fourth-order valence-corrected chi connectivity index (χ4v) is 3.20. The quantitative estimate of drug-likeness (QED) is 0.366. The van der Waals surface area contributed by atoms with Crippen LogP contribution in [-0.2, 0) is 9.53 Å². The Labute approximate surface area is 167 Å². The minimum Gasteiger partial charge on any atom is -0.474 e. The highest BCUT2D eigenvalue weighted by Crippen LogP contribution is 2.31. The molecule has 144 valence electrons. The van der Waals surface area contributed by atoms with Gasteiger partial charge in [0.2, 0.25) is 6.10 Å². The molecule has 3 aromatic carbocycles. The number of rotatable bonds is 5. The van der Waals surface area contributed by atoms with Gasteiger partial charge in [0.05, 0.1) is 7.11 Å². The number of carbonyl (C=O) groups excluding carboxylic acids is 1. The van der Waals surface area contributed by atoms with E-state index in [0.717, 1.165) is 16.5 Å². The summed E-state index contributed by atoms with van der Waals surface area (Å²) in [5.41, 5.74) is 2.28. The smallest absolute Gasteiger partial charge is 0.351 e. The largest absolute Gasteiger partial charge is 0.474 e. The fourth-order valence-electron chi connectivity index (χ4n) is 3.20. The maximum atomic E-state index is 12.3. The van der Waals surface area contributed by atoms with E-state index < -0.39 is 17.7 Å². The van der Waals surface area contributed by atoms with Crippen LogP contribution in [0.2, 0.25) is 0 Å². The molecule has 1 atom stereocenters. The van der Waals surface area contributed by atoms with Crippen LogP contribution in [0.15, 0.2) is 94.1 Å². The lowest BCUT2D eigenvalue weighted by atomic mass is 10.0. The molecule has 0 saturated carbocycles. The molecule has 0 aliphatic rings. The molecule has 0 spiro atoms. The predicted molar refractivity (Wildman–Crippen MR) is 110 cm³/mol. The van der Waals surface area contributed by atoms with Gasteiger partial charge in [-0.25, -0.2) is 9.59 Å². The Balaban J connectivity index is 1.76. The van der Waals surface area contributed by atoms with Gasteiger partial charge in [0.25, 0.3) is 0 Å². The number of carbonyl (C=O) groups is 1. The lowest BCUT2D eigenvalue weighted by molar-refractivity contribution is -0.149. The lowest BCUT2D eigenvalue weighted by Gasteiger charge is -2.17. The standard InChI is InChI=1S/C24H18O5/c1-27-24(26)23(17-10-6-3-7-11-17)28-18-12-13-19-20(16-8-4-2-5-9-16)15-22(25)29-21(19)14-18/h2-15,23H,1H3/t23-/m1/s1. The Morgan fingerprint density at radius 2 is 1.59 bits per heavy atom. The van der Waals surface area contributed by atoms with E-state index in [0.29, 0.717) is 16.9 Å². The molecule has 0 N–H and O–H groups in total. The first-order valence-electron chi connectivity index (χ1n) is 9.08. The summed E-state index contributed by atoms with van der Waals surface area (Å²) >= 11 is 0. The van der Waals surface area contributed by atoms with Gasteiger partial charge in [0.15, 0.2) is 0 Å². The van der Waals surface area contributed by atoms with E-state index in [2.05, 4.69) is 0 Å². The van der Waals surface area contributed by atoms with Crippen LogP contribution in [0.3, 0.4) is 0 Å². The van der Waals surface area contributed by atoms with Gasteiger partial charge in [0.1, 0.15) is 11.3 Å². The van der Waals surface area contributed by atoms with Crippen LogP contribution in [0, 0.1) is 0 Å². The zero-order valence-electron chi connectivity index (χ0n) is 15.7. The fraction of sp³-hybridized carbons (Fsp3) is 0.0833. The number of ether oxygens (including phenoxy) is 2. The summed E-state index contributed by atoms with van der Waals surface area (Å²) in [6.45, 7) is 0. The number of esters is 1. The maximum absolute atomic E-state index is 12.3. The first-order valence-corrected chi connectivity index (χ1v) is 9.08. The molecule has 0 fully saturated rings. The van der Waals surface area contributed by atoms with Gasteiger partial charge in [-0.3, -0.25) is 0 Å². The van der Waals surface area contributed by atoms with Gasteiger partial charge in [-0.05, 0) is 23.3 Å². The number of methoxy groups -OCH3 is 1. The van der Waals surface area contributed by atoms with E-state index in [1.807, 2.05) is 54.6 Å². The molecule has 0 amide bonds. The summed E-state index contributed by atoms with van der Waals surface area (Å²) in [4.78, 5) is 24.4. The molecule has 5 nitrogen and oxygen atoms in total. The van der Waals surface area contributed by atoms with Crippen molar-refractivity contribution in [2.24, 2.45) is 0 Å². The highest BCUT2D eigenvalue weighted by molar-refractivity contribution is 5.93. The summed E-state index contributed by atoms with van der Waals surface area (Å²) in [5, 5.41) is 0.775. The second-order valence-corrected chi connectivity index (χ2v) is 6.43. The van der Waals surface area contributed by atoms with Crippen LogP contribution < -0.4 is 10.4 Å². The number of hydrogen-bond acceptors (Lipinski definition) is 5. The van der Waals surface area contributed by atoms with E-state index in [9.17, 15) is 9.59 Å². The van der Waals surface area contributed by atoms with Crippen LogP contribution >= 0.6 is 0 Å². The maximum Gasteiger partial charge on any atom is 0.351 e. The molecule has 5 heteroatoms. The zero-order chi connectivity index (χ0) is 20.2. The number of fused-ring (bicyclic) bond motifs is 1. The Kier molecular flexibility index (Phi) is 5.12. The topological polar surface area (TPSA) is 65.7 Å². The van der Waals surface area contributed by atoms with Crippen molar-refractivity contribution in [2.75, 3.05) is 7.11 Å². The Hall–Kier alpha value is -3.86.